The Morgan fingerprint density at radius 2 is 1.66 bits per heavy atom. The highest BCUT2D eigenvalue weighted by atomic mass is 16.5. The van der Waals surface area contributed by atoms with Gasteiger partial charge in [-0.15, -0.1) is 0 Å². The average molecular weight is 383 g/mol. The molecule has 1 aliphatic heterocycles. The molecule has 0 bridgehead atoms. The van der Waals surface area contributed by atoms with Crippen molar-refractivity contribution in [2.24, 2.45) is 0 Å². The van der Waals surface area contributed by atoms with Crippen molar-refractivity contribution < 1.29 is 9.15 Å². The molecule has 0 amide bonds. The normalized spacial score (nSPS) is 14.9. The van der Waals surface area contributed by atoms with Crippen LogP contribution in [0.3, 0.4) is 0 Å². The minimum Gasteiger partial charge on any atom is -0.478 e. The molecule has 1 aliphatic rings. The summed E-state index contributed by atoms with van der Waals surface area (Å²) in [6.45, 7) is 3.32. The summed E-state index contributed by atoms with van der Waals surface area (Å²) in [5.41, 5.74) is 4.29. The van der Waals surface area contributed by atoms with Crippen LogP contribution in [0.5, 0.6) is 5.75 Å². The van der Waals surface area contributed by atoms with Crippen molar-refractivity contribution in [1.29, 1.82) is 0 Å². The Morgan fingerprint density at radius 1 is 0.931 bits per heavy atom. The van der Waals surface area contributed by atoms with Crippen LogP contribution in [0.1, 0.15) is 24.1 Å². The lowest BCUT2D eigenvalue weighted by Crippen LogP contribution is -2.34. The molecule has 0 N–H and O–H groups in total. The third kappa shape index (κ3) is 3.22. The summed E-state index contributed by atoms with van der Waals surface area (Å²) in [7, 11) is 0. The fourth-order valence-corrected chi connectivity index (χ4v) is 4.00. The zero-order valence-corrected chi connectivity index (χ0v) is 16.2. The molecule has 0 saturated heterocycles. The molecular weight excluding hydrogens is 362 g/mol. The Balaban J connectivity index is 1.61. The standard InChI is InChI=1S/C25H21NO3/c1-17(18-8-4-2-5-9-18)26-15-22-23(28-16-26)13-12-20-21(14-24(27)29-25(20)22)19-10-6-3-7-11-19/h2-14,17H,15-16H2,1H3/t17-/m1/s1. The van der Waals surface area contributed by atoms with Gasteiger partial charge in [-0.25, -0.2) is 4.79 Å². The lowest BCUT2D eigenvalue weighted by atomic mass is 9.98. The number of ether oxygens (including phenoxy) is 1. The molecule has 29 heavy (non-hydrogen) atoms. The third-order valence-electron chi connectivity index (χ3n) is 5.63. The topological polar surface area (TPSA) is 42.7 Å². The molecule has 0 saturated carbocycles. The summed E-state index contributed by atoms with van der Waals surface area (Å²) in [6.07, 6.45) is 0. The Hall–Kier alpha value is -3.37. The molecule has 0 fully saturated rings. The van der Waals surface area contributed by atoms with Crippen LogP contribution in [0.25, 0.3) is 22.1 Å². The zero-order chi connectivity index (χ0) is 19.8. The van der Waals surface area contributed by atoms with E-state index in [9.17, 15) is 4.79 Å². The molecule has 0 unspecified atom stereocenters. The van der Waals surface area contributed by atoms with E-state index in [1.54, 1.807) is 6.07 Å². The lowest BCUT2D eigenvalue weighted by Gasteiger charge is -2.34. The van der Waals surface area contributed by atoms with Crippen molar-refractivity contribution in [3.8, 4) is 16.9 Å². The molecule has 1 aromatic heterocycles. The van der Waals surface area contributed by atoms with Gasteiger partial charge in [0, 0.05) is 24.0 Å². The fourth-order valence-electron chi connectivity index (χ4n) is 4.00. The van der Waals surface area contributed by atoms with E-state index >= 15 is 0 Å². The van der Waals surface area contributed by atoms with Gasteiger partial charge in [-0.3, -0.25) is 4.90 Å². The lowest BCUT2D eigenvalue weighted by molar-refractivity contribution is 0.0620. The Labute approximate surface area is 169 Å². The van der Waals surface area contributed by atoms with Crippen molar-refractivity contribution in [2.75, 3.05) is 6.73 Å². The summed E-state index contributed by atoms with van der Waals surface area (Å²) in [5, 5.41) is 0.923. The summed E-state index contributed by atoms with van der Waals surface area (Å²) in [6, 6.07) is 26.0. The second kappa shape index (κ2) is 7.22. The summed E-state index contributed by atoms with van der Waals surface area (Å²) in [4.78, 5) is 14.6. The monoisotopic (exact) mass is 383 g/mol. The van der Waals surface area contributed by atoms with E-state index in [4.69, 9.17) is 9.15 Å². The molecular formula is C25H21NO3. The van der Waals surface area contributed by atoms with Gasteiger partial charge in [-0.05, 0) is 35.7 Å². The Kier molecular flexibility index (Phi) is 4.41. The molecule has 3 aromatic carbocycles. The van der Waals surface area contributed by atoms with Gasteiger partial charge in [-0.2, -0.15) is 0 Å². The van der Waals surface area contributed by atoms with Crippen LogP contribution < -0.4 is 10.4 Å². The average Bonchev–Trinajstić information content (AvgIpc) is 2.79. The van der Waals surface area contributed by atoms with Gasteiger partial charge < -0.3 is 9.15 Å². The van der Waals surface area contributed by atoms with Crippen LogP contribution in [0, 0.1) is 0 Å². The molecule has 5 rings (SSSR count). The zero-order valence-electron chi connectivity index (χ0n) is 16.2. The second-order valence-corrected chi connectivity index (χ2v) is 7.37. The van der Waals surface area contributed by atoms with Crippen LogP contribution in [-0.4, -0.2) is 11.6 Å². The molecule has 4 aromatic rings. The highest BCUT2D eigenvalue weighted by Gasteiger charge is 2.26. The molecule has 0 radical (unpaired) electrons. The molecule has 4 nitrogen and oxygen atoms in total. The van der Waals surface area contributed by atoms with Crippen molar-refractivity contribution >= 4 is 11.0 Å². The van der Waals surface area contributed by atoms with E-state index in [0.29, 0.717) is 18.9 Å². The number of rotatable bonds is 3. The first kappa shape index (κ1) is 17.7. The molecule has 0 aliphatic carbocycles. The minimum atomic E-state index is -0.349. The summed E-state index contributed by atoms with van der Waals surface area (Å²) < 4.78 is 11.7. The van der Waals surface area contributed by atoms with Crippen LogP contribution in [-0.2, 0) is 6.54 Å². The Morgan fingerprint density at radius 3 is 2.41 bits per heavy atom. The van der Waals surface area contributed by atoms with Gasteiger partial charge in [0.15, 0.2) is 0 Å². The van der Waals surface area contributed by atoms with Crippen LogP contribution in [0.4, 0.5) is 0 Å². The quantitative estimate of drug-likeness (QED) is 0.446. The number of fused-ring (bicyclic) bond motifs is 3. The van der Waals surface area contributed by atoms with Crippen LogP contribution in [0.2, 0.25) is 0 Å². The maximum absolute atomic E-state index is 12.4. The van der Waals surface area contributed by atoms with Crippen molar-refractivity contribution in [3.63, 3.8) is 0 Å². The van der Waals surface area contributed by atoms with Crippen molar-refractivity contribution in [2.45, 2.75) is 19.5 Å². The third-order valence-corrected chi connectivity index (χ3v) is 5.63. The molecule has 0 spiro atoms. The summed E-state index contributed by atoms with van der Waals surface area (Å²) >= 11 is 0. The largest absolute Gasteiger partial charge is 0.478 e. The van der Waals surface area contributed by atoms with Gasteiger partial charge in [0.2, 0.25) is 0 Å². The number of nitrogens with zero attached hydrogens (tertiary/aromatic N) is 1. The first-order chi connectivity index (χ1) is 14.2. The number of hydrogen-bond donors (Lipinski definition) is 0. The van der Waals surface area contributed by atoms with Gasteiger partial charge in [0.25, 0.3) is 0 Å². The van der Waals surface area contributed by atoms with E-state index in [1.807, 2.05) is 60.7 Å². The van der Waals surface area contributed by atoms with Gasteiger partial charge in [-0.1, -0.05) is 60.7 Å². The first-order valence-corrected chi connectivity index (χ1v) is 9.77. The van der Waals surface area contributed by atoms with E-state index in [-0.39, 0.29) is 11.7 Å². The van der Waals surface area contributed by atoms with E-state index in [0.717, 1.165) is 27.8 Å². The maximum atomic E-state index is 12.4. The number of hydrogen-bond acceptors (Lipinski definition) is 4. The number of benzene rings is 3. The highest BCUT2D eigenvalue weighted by molar-refractivity contribution is 5.95. The minimum absolute atomic E-state index is 0.184. The van der Waals surface area contributed by atoms with E-state index in [2.05, 4.69) is 24.0 Å². The molecule has 144 valence electrons. The van der Waals surface area contributed by atoms with Gasteiger partial charge in [0.05, 0.1) is 5.56 Å². The molecule has 1 atom stereocenters. The predicted octanol–water partition coefficient (Wildman–Crippen LogP) is 5.37. The van der Waals surface area contributed by atoms with Crippen molar-refractivity contribution in [1.82, 2.24) is 4.90 Å². The van der Waals surface area contributed by atoms with Gasteiger partial charge >= 0.3 is 5.63 Å². The Bertz CT molecular complexity index is 1220. The maximum Gasteiger partial charge on any atom is 0.336 e. The van der Waals surface area contributed by atoms with Crippen LogP contribution >= 0.6 is 0 Å². The molecule has 2 heterocycles. The second-order valence-electron chi connectivity index (χ2n) is 7.37. The van der Waals surface area contributed by atoms with E-state index < -0.39 is 0 Å². The predicted molar refractivity (Wildman–Crippen MR) is 114 cm³/mol. The summed E-state index contributed by atoms with van der Waals surface area (Å²) in [5.74, 6) is 0.780. The molecule has 4 heteroatoms. The van der Waals surface area contributed by atoms with E-state index in [1.165, 1.54) is 5.56 Å². The fraction of sp³-hybridized carbons (Fsp3) is 0.160. The van der Waals surface area contributed by atoms with Crippen LogP contribution in [0.15, 0.2) is 88.1 Å². The highest BCUT2D eigenvalue weighted by Crippen LogP contribution is 2.37. The van der Waals surface area contributed by atoms with Crippen molar-refractivity contribution in [3.05, 3.63) is 100 Å². The first-order valence-electron chi connectivity index (χ1n) is 9.77. The van der Waals surface area contributed by atoms with Gasteiger partial charge in [0.1, 0.15) is 18.1 Å². The smallest absolute Gasteiger partial charge is 0.336 e. The SMILES string of the molecule is C[C@H](c1ccccc1)N1COc2ccc3c(-c4ccccc4)cc(=O)oc3c2C1.